The number of aromatic hydroxyl groups is 1. The van der Waals surface area contributed by atoms with Gasteiger partial charge in [0.1, 0.15) is 23.2 Å². The van der Waals surface area contributed by atoms with Crippen LogP contribution in [0, 0.1) is 0 Å². The van der Waals surface area contributed by atoms with E-state index in [0.717, 1.165) is 38.5 Å². The molecule has 2 N–H and O–H groups in total. The van der Waals surface area contributed by atoms with Gasteiger partial charge < -0.3 is 24.4 Å². The van der Waals surface area contributed by atoms with Crippen LogP contribution in [0.1, 0.15) is 74.7 Å². The molecule has 1 fully saturated rings. The maximum absolute atomic E-state index is 12.9. The minimum atomic E-state index is -0.862. The van der Waals surface area contributed by atoms with Gasteiger partial charge in [0.25, 0.3) is 0 Å². The number of unbranched alkanes of at least 4 members (excludes halogenated alkanes) is 3. The Morgan fingerprint density at radius 2 is 2.06 bits per heavy atom. The number of hydrogen-bond acceptors (Lipinski definition) is 6. The molecule has 0 amide bonds. The van der Waals surface area contributed by atoms with Crippen molar-refractivity contribution in [3.8, 4) is 11.5 Å². The Bertz CT molecular complexity index is 793. The molecule has 2 aliphatic heterocycles. The van der Waals surface area contributed by atoms with Crippen LogP contribution in [0.2, 0.25) is 5.02 Å². The monoisotopic (exact) mass is 452 g/mol. The summed E-state index contributed by atoms with van der Waals surface area (Å²) >= 11 is 6.59. The molecule has 6 nitrogen and oxygen atoms in total. The molecule has 7 heteroatoms. The van der Waals surface area contributed by atoms with E-state index in [9.17, 15) is 15.0 Å². The Hall–Kier alpha value is -1.76. The second kappa shape index (κ2) is 11.2. The Balaban J connectivity index is 1.85. The molecule has 1 saturated heterocycles. The molecule has 2 aliphatic rings. The summed E-state index contributed by atoms with van der Waals surface area (Å²) in [5.41, 5.74) is 0.310. The maximum atomic E-state index is 12.9. The van der Waals surface area contributed by atoms with Crippen molar-refractivity contribution in [1.29, 1.82) is 0 Å². The molecule has 0 unspecified atom stereocenters. The molecule has 1 aromatic rings. The highest BCUT2D eigenvalue weighted by Gasteiger charge is 2.39. The van der Waals surface area contributed by atoms with E-state index in [0.29, 0.717) is 24.3 Å². The number of esters is 1. The number of allylic oxidation sites excluding steroid dienone is 1. The van der Waals surface area contributed by atoms with Gasteiger partial charge in [0, 0.05) is 18.9 Å². The van der Waals surface area contributed by atoms with Crippen LogP contribution >= 0.6 is 11.6 Å². The maximum Gasteiger partial charge on any atom is 0.342 e. The summed E-state index contributed by atoms with van der Waals surface area (Å²) in [5, 5.41) is 21.4. The largest absolute Gasteiger partial charge is 0.507 e. The third kappa shape index (κ3) is 6.61. The predicted octanol–water partition coefficient (Wildman–Crippen LogP) is 4.96. The summed E-state index contributed by atoms with van der Waals surface area (Å²) in [4.78, 5) is 12.9. The molecule has 0 radical (unpaired) electrons. The minimum Gasteiger partial charge on any atom is -0.507 e. The smallest absolute Gasteiger partial charge is 0.342 e. The number of epoxide rings is 1. The first-order valence-electron chi connectivity index (χ1n) is 11.3. The second-order valence-electron chi connectivity index (χ2n) is 8.41. The number of hydrogen-bond donors (Lipinski definition) is 2. The van der Waals surface area contributed by atoms with Crippen LogP contribution < -0.4 is 4.74 Å². The van der Waals surface area contributed by atoms with Crippen LogP contribution in [0.15, 0.2) is 18.2 Å². The lowest BCUT2D eigenvalue weighted by Gasteiger charge is -2.20. The van der Waals surface area contributed by atoms with Gasteiger partial charge in [-0.15, -0.1) is 0 Å². The predicted molar refractivity (Wildman–Crippen MR) is 119 cm³/mol. The van der Waals surface area contributed by atoms with Crippen LogP contribution in [0.5, 0.6) is 11.5 Å². The van der Waals surface area contributed by atoms with E-state index in [1.54, 1.807) is 6.08 Å². The molecule has 1 aromatic carbocycles. The first-order chi connectivity index (χ1) is 14.9. The number of benzene rings is 1. The third-order valence-corrected chi connectivity index (χ3v) is 6.13. The summed E-state index contributed by atoms with van der Waals surface area (Å²) < 4.78 is 17.0. The number of aliphatic hydroxyl groups excluding tert-OH is 1. The Morgan fingerprint density at radius 3 is 2.84 bits per heavy atom. The van der Waals surface area contributed by atoms with E-state index in [-0.39, 0.29) is 41.1 Å². The fourth-order valence-electron chi connectivity index (χ4n) is 3.96. The molecular formula is C24H33ClO6. The Morgan fingerprint density at radius 1 is 1.26 bits per heavy atom. The Labute approximate surface area is 189 Å². The lowest BCUT2D eigenvalue weighted by atomic mass is 9.98. The number of phenols is 1. The number of rotatable bonds is 6. The zero-order valence-corrected chi connectivity index (χ0v) is 19.1. The van der Waals surface area contributed by atoms with E-state index < -0.39 is 12.1 Å². The number of carbonyl (C=O) groups excluding carboxylic acids is 1. The molecule has 0 aromatic heterocycles. The topological polar surface area (TPSA) is 88.5 Å². The van der Waals surface area contributed by atoms with Crippen molar-refractivity contribution in [3.63, 3.8) is 0 Å². The minimum absolute atomic E-state index is 0.0204. The summed E-state index contributed by atoms with van der Waals surface area (Å²) in [6.07, 6.45) is 9.10. The van der Waals surface area contributed by atoms with E-state index in [4.69, 9.17) is 25.8 Å². The summed E-state index contributed by atoms with van der Waals surface area (Å²) in [7, 11) is 0. The van der Waals surface area contributed by atoms with E-state index in [2.05, 4.69) is 6.92 Å². The normalized spacial score (nSPS) is 26.4. The standard InChI is InChI=1S/C24H33ClO6/c1-3-4-5-8-11-29-21-14-18(27)22-17(23(21)25)13-16(26)9-6-7-10-19-20(31-19)12-15(2)30-24(22)28/h6,9,14-16,19-20,26-27H,3-5,7-8,10-13H2,1-2H3/t15-,16+,19+,20+/m1/s1. The molecular weight excluding hydrogens is 420 g/mol. The molecule has 4 atom stereocenters. The molecule has 0 bridgehead atoms. The van der Waals surface area contributed by atoms with Gasteiger partial charge >= 0.3 is 5.97 Å². The zero-order chi connectivity index (χ0) is 22.4. The van der Waals surface area contributed by atoms with E-state index >= 15 is 0 Å². The highest BCUT2D eigenvalue weighted by molar-refractivity contribution is 6.33. The van der Waals surface area contributed by atoms with Crippen molar-refractivity contribution >= 4 is 17.6 Å². The van der Waals surface area contributed by atoms with E-state index in [1.807, 2.05) is 13.0 Å². The molecule has 31 heavy (non-hydrogen) atoms. The van der Waals surface area contributed by atoms with Crippen molar-refractivity contribution in [3.05, 3.63) is 34.4 Å². The average Bonchev–Trinajstić information content (AvgIpc) is 3.45. The van der Waals surface area contributed by atoms with Gasteiger partial charge in [-0.1, -0.05) is 49.9 Å². The lowest BCUT2D eigenvalue weighted by Crippen LogP contribution is -2.20. The van der Waals surface area contributed by atoms with Crippen molar-refractivity contribution in [1.82, 2.24) is 0 Å². The zero-order valence-electron chi connectivity index (χ0n) is 18.3. The highest BCUT2D eigenvalue weighted by Crippen LogP contribution is 2.39. The van der Waals surface area contributed by atoms with Gasteiger partial charge in [0.2, 0.25) is 0 Å². The van der Waals surface area contributed by atoms with Crippen molar-refractivity contribution in [2.75, 3.05) is 6.61 Å². The second-order valence-corrected chi connectivity index (χ2v) is 8.79. The first kappa shape index (κ1) is 23.9. The molecule has 2 heterocycles. The van der Waals surface area contributed by atoms with Gasteiger partial charge in [0.05, 0.1) is 29.9 Å². The highest BCUT2D eigenvalue weighted by atomic mass is 35.5. The van der Waals surface area contributed by atoms with E-state index in [1.165, 1.54) is 6.07 Å². The summed E-state index contributed by atoms with van der Waals surface area (Å²) in [6, 6.07) is 1.36. The van der Waals surface area contributed by atoms with Gasteiger partial charge in [-0.05, 0) is 31.7 Å². The van der Waals surface area contributed by atoms with Gasteiger partial charge in [-0.3, -0.25) is 0 Å². The quantitative estimate of drug-likeness (QED) is 0.274. The SMILES string of the molecule is CCCCCCOc1cc(O)c2c(c1Cl)C[C@@H](O)C=CCC[C@@H]1O[C@H]1C[C@@H](C)OC2=O. The number of halogens is 1. The number of fused-ring (bicyclic) bond motifs is 2. The van der Waals surface area contributed by atoms with Crippen molar-refractivity contribution in [2.24, 2.45) is 0 Å². The summed E-state index contributed by atoms with van der Waals surface area (Å²) in [5.74, 6) is -0.618. The molecule has 0 spiro atoms. The van der Waals surface area contributed by atoms with Gasteiger partial charge in [-0.25, -0.2) is 4.79 Å². The molecule has 0 aliphatic carbocycles. The van der Waals surface area contributed by atoms with Crippen LogP contribution in [0.4, 0.5) is 0 Å². The average molecular weight is 453 g/mol. The molecule has 172 valence electrons. The number of aliphatic hydroxyl groups is 1. The van der Waals surface area contributed by atoms with Gasteiger partial charge in [0.15, 0.2) is 0 Å². The molecule has 0 saturated carbocycles. The van der Waals surface area contributed by atoms with Crippen LogP contribution in [0.25, 0.3) is 0 Å². The van der Waals surface area contributed by atoms with Crippen molar-refractivity contribution < 1.29 is 29.2 Å². The van der Waals surface area contributed by atoms with Crippen molar-refractivity contribution in [2.45, 2.75) is 89.6 Å². The fourth-order valence-corrected chi connectivity index (χ4v) is 4.24. The number of carbonyl (C=O) groups is 1. The summed E-state index contributed by atoms with van der Waals surface area (Å²) in [6.45, 7) is 4.41. The molecule has 3 rings (SSSR count). The Kier molecular flexibility index (Phi) is 8.64. The van der Waals surface area contributed by atoms with Crippen LogP contribution in [-0.2, 0) is 15.9 Å². The van der Waals surface area contributed by atoms with Gasteiger partial charge in [-0.2, -0.15) is 0 Å². The third-order valence-electron chi connectivity index (χ3n) is 5.72. The van der Waals surface area contributed by atoms with Crippen LogP contribution in [0.3, 0.4) is 0 Å². The number of ether oxygens (including phenoxy) is 3. The number of phenolic OH excluding ortho intramolecular Hbond substituents is 1. The fraction of sp³-hybridized carbons (Fsp3) is 0.625. The lowest BCUT2D eigenvalue weighted by molar-refractivity contribution is 0.0305. The van der Waals surface area contributed by atoms with Crippen LogP contribution in [-0.4, -0.2) is 47.2 Å². The first-order valence-corrected chi connectivity index (χ1v) is 11.7. The number of cyclic esters (lactones) is 1.